The first-order chi connectivity index (χ1) is 8.68. The van der Waals surface area contributed by atoms with Gasteiger partial charge >= 0.3 is 0 Å². The van der Waals surface area contributed by atoms with Crippen LogP contribution in [0.2, 0.25) is 0 Å². The van der Waals surface area contributed by atoms with E-state index in [1.54, 1.807) is 23.0 Å². The molecule has 0 bridgehead atoms. The third-order valence-corrected chi connectivity index (χ3v) is 2.95. The van der Waals surface area contributed by atoms with E-state index in [0.717, 1.165) is 16.7 Å². The Morgan fingerprint density at radius 2 is 1.94 bits per heavy atom. The molecule has 2 aromatic heterocycles. The van der Waals surface area contributed by atoms with Gasteiger partial charge in [-0.05, 0) is 19.1 Å². The second kappa shape index (κ2) is 3.80. The maximum absolute atomic E-state index is 12.3. The summed E-state index contributed by atoms with van der Waals surface area (Å²) >= 11 is 0. The molecule has 5 heteroatoms. The Bertz CT molecular complexity index is 724. The van der Waals surface area contributed by atoms with Crippen LogP contribution in [0.1, 0.15) is 16.1 Å². The van der Waals surface area contributed by atoms with E-state index >= 15 is 0 Å². The van der Waals surface area contributed by atoms with E-state index < -0.39 is 0 Å². The summed E-state index contributed by atoms with van der Waals surface area (Å²) < 4.78 is 3.14. The monoisotopic (exact) mass is 240 g/mol. The molecule has 0 aliphatic heterocycles. The molecule has 90 valence electrons. The normalized spacial score (nSPS) is 11.0. The molecule has 1 aromatic carbocycles. The predicted octanol–water partition coefficient (Wildman–Crippen LogP) is 1.77. The van der Waals surface area contributed by atoms with Crippen LogP contribution in [0, 0.1) is 6.92 Å². The number of nitrogens with zero attached hydrogens (tertiary/aromatic N) is 4. The summed E-state index contributed by atoms with van der Waals surface area (Å²) in [4.78, 5) is 12.3. The number of aryl methyl sites for hydroxylation is 2. The number of carbonyl (C=O) groups excluding carboxylic acids is 1. The minimum absolute atomic E-state index is 0.137. The smallest absolute Gasteiger partial charge is 0.267 e. The van der Waals surface area contributed by atoms with Gasteiger partial charge in [0.1, 0.15) is 11.0 Å². The van der Waals surface area contributed by atoms with Crippen LogP contribution < -0.4 is 0 Å². The van der Waals surface area contributed by atoms with Crippen LogP contribution >= 0.6 is 0 Å². The average molecular weight is 240 g/mol. The lowest BCUT2D eigenvalue weighted by Crippen LogP contribution is -2.13. The summed E-state index contributed by atoms with van der Waals surface area (Å²) in [6.45, 7) is 1.87. The summed E-state index contributed by atoms with van der Waals surface area (Å²) in [5.41, 5.74) is 3.04. The molecule has 0 amide bonds. The lowest BCUT2D eigenvalue weighted by atomic mass is 10.2. The topological polar surface area (TPSA) is 52.7 Å². The van der Waals surface area contributed by atoms with Gasteiger partial charge in [-0.25, -0.2) is 0 Å². The Balaban J connectivity index is 2.18. The van der Waals surface area contributed by atoms with Crippen molar-refractivity contribution < 1.29 is 4.79 Å². The quantitative estimate of drug-likeness (QED) is 0.651. The fraction of sp³-hybridized carbons (Fsp3) is 0.154. The molecule has 5 nitrogen and oxygen atoms in total. The zero-order valence-electron chi connectivity index (χ0n) is 10.2. The van der Waals surface area contributed by atoms with E-state index in [2.05, 4.69) is 10.2 Å². The second-order valence-corrected chi connectivity index (χ2v) is 4.17. The van der Waals surface area contributed by atoms with Crippen LogP contribution in [0.3, 0.4) is 0 Å². The second-order valence-electron chi connectivity index (χ2n) is 4.17. The fourth-order valence-electron chi connectivity index (χ4n) is 2.10. The molecule has 0 aliphatic carbocycles. The highest BCUT2D eigenvalue weighted by Crippen LogP contribution is 2.17. The number of hydrogen-bond donors (Lipinski definition) is 0. The maximum Gasteiger partial charge on any atom is 0.278 e. The van der Waals surface area contributed by atoms with Gasteiger partial charge in [-0.15, -0.1) is 0 Å². The van der Waals surface area contributed by atoms with Crippen molar-refractivity contribution in [2.45, 2.75) is 6.92 Å². The minimum atomic E-state index is -0.137. The molecule has 2 heterocycles. The Hall–Kier alpha value is -2.43. The Labute approximate surface area is 104 Å². The molecule has 0 aliphatic rings. The van der Waals surface area contributed by atoms with Crippen LogP contribution in [-0.4, -0.2) is 25.5 Å². The van der Waals surface area contributed by atoms with Crippen molar-refractivity contribution in [2.24, 2.45) is 7.05 Å². The fourth-order valence-corrected chi connectivity index (χ4v) is 2.10. The number of carbonyl (C=O) groups is 1. The molecule has 0 radical (unpaired) electrons. The third-order valence-electron chi connectivity index (χ3n) is 2.95. The van der Waals surface area contributed by atoms with E-state index in [0.29, 0.717) is 5.56 Å². The number of hydrogen-bond acceptors (Lipinski definition) is 3. The molecule has 0 N–H and O–H groups in total. The molecular weight excluding hydrogens is 228 g/mol. The van der Waals surface area contributed by atoms with Gasteiger partial charge in [-0.3, -0.25) is 9.48 Å². The van der Waals surface area contributed by atoms with Gasteiger partial charge in [0.05, 0.1) is 11.9 Å². The summed E-state index contributed by atoms with van der Waals surface area (Å²) in [6, 6.07) is 9.11. The van der Waals surface area contributed by atoms with Gasteiger partial charge in [-0.2, -0.15) is 14.9 Å². The highest BCUT2D eigenvalue weighted by Gasteiger charge is 2.17. The molecule has 0 saturated heterocycles. The largest absolute Gasteiger partial charge is 0.278 e. The molecule has 0 saturated carbocycles. The number of benzene rings is 1. The van der Waals surface area contributed by atoms with Gasteiger partial charge in [0.25, 0.3) is 5.91 Å². The molecule has 0 fully saturated rings. The summed E-state index contributed by atoms with van der Waals surface area (Å²) in [5, 5.41) is 8.45. The maximum atomic E-state index is 12.3. The van der Waals surface area contributed by atoms with Crippen molar-refractivity contribution in [1.29, 1.82) is 0 Å². The van der Waals surface area contributed by atoms with Crippen molar-refractivity contribution in [2.75, 3.05) is 0 Å². The van der Waals surface area contributed by atoms with Gasteiger partial charge in [0.15, 0.2) is 0 Å². The first-order valence-electron chi connectivity index (χ1n) is 5.65. The molecule has 3 rings (SSSR count). The summed E-state index contributed by atoms with van der Waals surface area (Å²) in [6.07, 6.45) is 1.66. The van der Waals surface area contributed by atoms with Gasteiger partial charge in [0, 0.05) is 12.6 Å². The zero-order chi connectivity index (χ0) is 12.7. The molecule has 0 unspecified atom stereocenters. The van der Waals surface area contributed by atoms with Crippen LogP contribution in [0.4, 0.5) is 0 Å². The van der Waals surface area contributed by atoms with Crippen molar-refractivity contribution >= 4 is 16.9 Å². The molecule has 3 aromatic rings. The molecule has 18 heavy (non-hydrogen) atoms. The Kier molecular flexibility index (Phi) is 2.26. The van der Waals surface area contributed by atoms with Crippen LogP contribution in [-0.2, 0) is 7.05 Å². The standard InChI is InChI=1S/C13H12N4O/c1-9-12-11(16(2)15-9)8-14-17(12)13(18)10-6-4-3-5-7-10/h3-8H,1-2H3. The molecular formula is C13H12N4O. The first kappa shape index (κ1) is 10.7. The summed E-state index contributed by atoms with van der Waals surface area (Å²) in [7, 11) is 1.84. The van der Waals surface area contributed by atoms with Gasteiger partial charge < -0.3 is 0 Å². The molecule has 0 spiro atoms. The average Bonchev–Trinajstić information content (AvgIpc) is 2.93. The lowest BCUT2D eigenvalue weighted by Gasteiger charge is -2.01. The SMILES string of the molecule is Cc1nn(C)c2cnn(C(=O)c3ccccc3)c12. The minimum Gasteiger partial charge on any atom is -0.267 e. The van der Waals surface area contributed by atoms with E-state index in [1.807, 2.05) is 32.2 Å². The van der Waals surface area contributed by atoms with E-state index in [-0.39, 0.29) is 5.91 Å². The highest BCUT2D eigenvalue weighted by molar-refractivity contribution is 6.00. The third kappa shape index (κ3) is 1.44. The number of fused-ring (bicyclic) bond motifs is 1. The molecule has 0 atom stereocenters. The van der Waals surface area contributed by atoms with E-state index in [9.17, 15) is 4.79 Å². The predicted molar refractivity (Wildman–Crippen MR) is 67.4 cm³/mol. The van der Waals surface area contributed by atoms with E-state index in [1.165, 1.54) is 4.68 Å². The van der Waals surface area contributed by atoms with Gasteiger partial charge in [-0.1, -0.05) is 18.2 Å². The Morgan fingerprint density at radius 1 is 1.22 bits per heavy atom. The van der Waals surface area contributed by atoms with Crippen molar-refractivity contribution in [1.82, 2.24) is 19.6 Å². The zero-order valence-corrected chi connectivity index (χ0v) is 10.2. The van der Waals surface area contributed by atoms with Crippen LogP contribution in [0.25, 0.3) is 11.0 Å². The van der Waals surface area contributed by atoms with E-state index in [4.69, 9.17) is 0 Å². The summed E-state index contributed by atoms with van der Waals surface area (Å²) in [5.74, 6) is -0.137. The van der Waals surface area contributed by atoms with Crippen molar-refractivity contribution in [3.8, 4) is 0 Å². The van der Waals surface area contributed by atoms with Gasteiger partial charge in [0.2, 0.25) is 0 Å². The van der Waals surface area contributed by atoms with Crippen LogP contribution in [0.15, 0.2) is 36.5 Å². The first-order valence-corrected chi connectivity index (χ1v) is 5.65. The van der Waals surface area contributed by atoms with Crippen molar-refractivity contribution in [3.05, 3.63) is 47.8 Å². The van der Waals surface area contributed by atoms with Crippen LogP contribution in [0.5, 0.6) is 0 Å². The van der Waals surface area contributed by atoms with Crippen molar-refractivity contribution in [3.63, 3.8) is 0 Å². The Morgan fingerprint density at radius 3 is 2.67 bits per heavy atom. The highest BCUT2D eigenvalue weighted by atomic mass is 16.2. The number of aromatic nitrogens is 4. The lowest BCUT2D eigenvalue weighted by molar-refractivity contribution is 0.0950. The number of rotatable bonds is 1.